The average Bonchev–Trinajstić information content (AvgIpc) is 2.93. The number of hydrogen-bond donors (Lipinski definition) is 1. The van der Waals surface area contributed by atoms with Crippen molar-refractivity contribution in [2.24, 2.45) is 0 Å². The molecular formula is C13H17N5. The minimum Gasteiger partial charge on any atom is -0.348 e. The SMILES string of the molecule is c1cc(C2CCCN(Cc3ncc[nH]3)C2)ncn1. The quantitative estimate of drug-likeness (QED) is 0.889. The summed E-state index contributed by atoms with van der Waals surface area (Å²) in [6.45, 7) is 3.09. The Morgan fingerprint density at radius 3 is 3.11 bits per heavy atom. The molecule has 5 nitrogen and oxygen atoms in total. The van der Waals surface area contributed by atoms with Gasteiger partial charge in [-0.3, -0.25) is 4.90 Å². The molecule has 0 aliphatic carbocycles. The molecule has 1 unspecified atom stereocenters. The van der Waals surface area contributed by atoms with Gasteiger partial charge in [-0.25, -0.2) is 15.0 Å². The van der Waals surface area contributed by atoms with Crippen LogP contribution >= 0.6 is 0 Å². The predicted octanol–water partition coefficient (Wildman–Crippen LogP) is 1.58. The van der Waals surface area contributed by atoms with Crippen molar-refractivity contribution >= 4 is 0 Å². The first kappa shape index (κ1) is 11.3. The summed E-state index contributed by atoms with van der Waals surface area (Å²) in [5, 5.41) is 0. The van der Waals surface area contributed by atoms with Crippen LogP contribution in [0.25, 0.3) is 0 Å². The van der Waals surface area contributed by atoms with Gasteiger partial charge >= 0.3 is 0 Å². The third-order valence-corrected chi connectivity index (χ3v) is 3.46. The van der Waals surface area contributed by atoms with E-state index in [1.165, 1.54) is 12.8 Å². The normalized spacial score (nSPS) is 21.0. The maximum absolute atomic E-state index is 4.37. The number of piperidine rings is 1. The zero-order valence-electron chi connectivity index (χ0n) is 10.3. The van der Waals surface area contributed by atoms with Crippen molar-refractivity contribution in [2.75, 3.05) is 13.1 Å². The largest absolute Gasteiger partial charge is 0.348 e. The van der Waals surface area contributed by atoms with Crippen LogP contribution in [0.15, 0.2) is 31.0 Å². The van der Waals surface area contributed by atoms with Gasteiger partial charge < -0.3 is 4.98 Å². The van der Waals surface area contributed by atoms with E-state index in [2.05, 4.69) is 24.8 Å². The average molecular weight is 243 g/mol. The van der Waals surface area contributed by atoms with E-state index in [1.54, 1.807) is 12.5 Å². The number of aromatic nitrogens is 4. The summed E-state index contributed by atoms with van der Waals surface area (Å²) in [5.74, 6) is 1.56. The van der Waals surface area contributed by atoms with Crippen LogP contribution < -0.4 is 0 Å². The van der Waals surface area contributed by atoms with Gasteiger partial charge in [0.1, 0.15) is 12.2 Å². The molecule has 5 heteroatoms. The van der Waals surface area contributed by atoms with Gasteiger partial charge in [-0.15, -0.1) is 0 Å². The fourth-order valence-corrected chi connectivity index (χ4v) is 2.58. The van der Waals surface area contributed by atoms with Crippen molar-refractivity contribution < 1.29 is 0 Å². The number of rotatable bonds is 3. The fraction of sp³-hybridized carbons (Fsp3) is 0.462. The Morgan fingerprint density at radius 2 is 2.33 bits per heavy atom. The molecule has 1 aliphatic rings. The van der Waals surface area contributed by atoms with Gasteiger partial charge in [-0.05, 0) is 25.5 Å². The number of likely N-dealkylation sites (tertiary alicyclic amines) is 1. The smallest absolute Gasteiger partial charge is 0.120 e. The van der Waals surface area contributed by atoms with E-state index >= 15 is 0 Å². The minimum absolute atomic E-state index is 0.525. The van der Waals surface area contributed by atoms with Crippen LogP contribution in [0, 0.1) is 0 Å². The molecule has 0 saturated carbocycles. The van der Waals surface area contributed by atoms with Gasteiger partial charge in [-0.1, -0.05) is 0 Å². The second-order valence-corrected chi connectivity index (χ2v) is 4.74. The van der Waals surface area contributed by atoms with Crippen molar-refractivity contribution in [3.8, 4) is 0 Å². The zero-order valence-corrected chi connectivity index (χ0v) is 10.3. The lowest BCUT2D eigenvalue weighted by Crippen LogP contribution is -2.34. The number of hydrogen-bond acceptors (Lipinski definition) is 4. The molecule has 1 N–H and O–H groups in total. The highest BCUT2D eigenvalue weighted by molar-refractivity contribution is 5.07. The molecule has 0 radical (unpaired) electrons. The van der Waals surface area contributed by atoms with E-state index < -0.39 is 0 Å². The van der Waals surface area contributed by atoms with Crippen molar-refractivity contribution in [3.05, 3.63) is 42.5 Å². The summed E-state index contributed by atoms with van der Waals surface area (Å²) in [6, 6.07) is 2.03. The molecule has 94 valence electrons. The highest BCUT2D eigenvalue weighted by atomic mass is 15.2. The van der Waals surface area contributed by atoms with Crippen LogP contribution in [0.5, 0.6) is 0 Å². The van der Waals surface area contributed by atoms with Gasteiger partial charge in [0.25, 0.3) is 0 Å². The molecule has 18 heavy (non-hydrogen) atoms. The highest BCUT2D eigenvalue weighted by Gasteiger charge is 2.22. The monoisotopic (exact) mass is 243 g/mol. The van der Waals surface area contributed by atoms with E-state index in [-0.39, 0.29) is 0 Å². The molecule has 2 aromatic rings. The summed E-state index contributed by atoms with van der Waals surface area (Å²) < 4.78 is 0. The minimum atomic E-state index is 0.525. The maximum atomic E-state index is 4.37. The number of H-pyrrole nitrogens is 1. The Balaban J connectivity index is 1.65. The lowest BCUT2D eigenvalue weighted by Gasteiger charge is -2.31. The van der Waals surface area contributed by atoms with Crippen LogP contribution in [0.2, 0.25) is 0 Å². The lowest BCUT2D eigenvalue weighted by molar-refractivity contribution is 0.194. The first-order valence-corrected chi connectivity index (χ1v) is 6.38. The Labute approximate surface area is 106 Å². The highest BCUT2D eigenvalue weighted by Crippen LogP contribution is 2.25. The molecule has 1 fully saturated rings. The van der Waals surface area contributed by atoms with Gasteiger partial charge in [0.05, 0.1) is 6.54 Å². The Hall–Kier alpha value is -1.75. The molecule has 1 aliphatic heterocycles. The van der Waals surface area contributed by atoms with E-state index in [9.17, 15) is 0 Å². The van der Waals surface area contributed by atoms with Crippen molar-refractivity contribution in [1.82, 2.24) is 24.8 Å². The topological polar surface area (TPSA) is 57.7 Å². The summed E-state index contributed by atoms with van der Waals surface area (Å²) in [6.07, 6.45) is 9.58. The number of aromatic amines is 1. The Bertz CT molecular complexity index is 467. The Kier molecular flexibility index (Phi) is 3.32. The summed E-state index contributed by atoms with van der Waals surface area (Å²) >= 11 is 0. The van der Waals surface area contributed by atoms with Gasteiger partial charge in [-0.2, -0.15) is 0 Å². The van der Waals surface area contributed by atoms with Crippen LogP contribution in [0.1, 0.15) is 30.3 Å². The molecular weight excluding hydrogens is 226 g/mol. The van der Waals surface area contributed by atoms with Crippen molar-refractivity contribution in [2.45, 2.75) is 25.3 Å². The van der Waals surface area contributed by atoms with E-state index in [0.29, 0.717) is 5.92 Å². The number of nitrogens with zero attached hydrogens (tertiary/aromatic N) is 4. The number of nitrogens with one attached hydrogen (secondary N) is 1. The van der Waals surface area contributed by atoms with E-state index in [1.807, 2.05) is 18.5 Å². The van der Waals surface area contributed by atoms with Gasteiger partial charge in [0.15, 0.2) is 0 Å². The van der Waals surface area contributed by atoms with E-state index in [4.69, 9.17) is 0 Å². The van der Waals surface area contributed by atoms with Crippen molar-refractivity contribution in [3.63, 3.8) is 0 Å². The van der Waals surface area contributed by atoms with Gasteiger partial charge in [0, 0.05) is 36.7 Å². The first-order valence-electron chi connectivity index (χ1n) is 6.38. The van der Waals surface area contributed by atoms with Crippen molar-refractivity contribution in [1.29, 1.82) is 0 Å². The summed E-state index contributed by atoms with van der Waals surface area (Å²) in [4.78, 5) is 18.2. The molecule has 0 spiro atoms. The zero-order chi connectivity index (χ0) is 12.2. The molecule has 2 aromatic heterocycles. The lowest BCUT2D eigenvalue weighted by atomic mass is 9.94. The van der Waals surface area contributed by atoms with Gasteiger partial charge in [0.2, 0.25) is 0 Å². The third kappa shape index (κ3) is 2.56. The predicted molar refractivity (Wildman–Crippen MR) is 67.9 cm³/mol. The maximum Gasteiger partial charge on any atom is 0.120 e. The Morgan fingerprint density at radius 1 is 1.33 bits per heavy atom. The number of imidazole rings is 1. The van der Waals surface area contributed by atoms with E-state index in [0.717, 1.165) is 31.2 Å². The fourth-order valence-electron chi connectivity index (χ4n) is 2.58. The summed E-state index contributed by atoms with van der Waals surface area (Å²) in [5.41, 5.74) is 1.16. The molecule has 3 heterocycles. The van der Waals surface area contributed by atoms with Crippen LogP contribution in [-0.2, 0) is 6.54 Å². The molecule has 0 bridgehead atoms. The van der Waals surface area contributed by atoms with Crippen LogP contribution in [0.3, 0.4) is 0 Å². The van der Waals surface area contributed by atoms with Crippen LogP contribution in [-0.4, -0.2) is 37.9 Å². The first-order chi connectivity index (χ1) is 8.92. The molecule has 1 saturated heterocycles. The molecule has 0 aromatic carbocycles. The second kappa shape index (κ2) is 5.27. The van der Waals surface area contributed by atoms with Crippen LogP contribution in [0.4, 0.5) is 0 Å². The third-order valence-electron chi connectivity index (χ3n) is 3.46. The standard InChI is InChI=1S/C13H17N5/c1-2-11(12-3-4-14-10-17-12)8-18(7-1)9-13-15-5-6-16-13/h3-6,10-11H,1-2,7-9H2,(H,15,16). The molecule has 3 rings (SSSR count). The molecule has 1 atom stereocenters. The second-order valence-electron chi connectivity index (χ2n) is 4.74. The molecule has 0 amide bonds. The summed E-state index contributed by atoms with van der Waals surface area (Å²) in [7, 11) is 0.